The Morgan fingerprint density at radius 1 is 1.05 bits per heavy atom. The van der Waals surface area contributed by atoms with Gasteiger partial charge in [-0.3, -0.25) is 23.5 Å². The van der Waals surface area contributed by atoms with E-state index in [1.165, 1.54) is 0 Å². The second-order valence-electron chi connectivity index (χ2n) is 10.8. The monoisotopic (exact) mass is 800 g/mol. The third kappa shape index (κ3) is 12.0. The maximum atomic E-state index is 12.4. The summed E-state index contributed by atoms with van der Waals surface area (Å²) in [6.07, 6.45) is 3.76. The zero-order valence-corrected chi connectivity index (χ0v) is 30.5. The molecule has 2 unspecified atom stereocenters. The van der Waals surface area contributed by atoms with Gasteiger partial charge < -0.3 is 15.8 Å². The van der Waals surface area contributed by atoms with Gasteiger partial charge >= 0.3 is 5.20 Å². The van der Waals surface area contributed by atoms with Crippen LogP contribution in [-0.4, -0.2) is 28.5 Å². The van der Waals surface area contributed by atoms with E-state index in [1.807, 2.05) is 22.8 Å². The number of rotatable bonds is 4. The molecule has 0 bridgehead atoms. The summed E-state index contributed by atoms with van der Waals surface area (Å²) in [5.41, 5.74) is 7.24. The summed E-state index contributed by atoms with van der Waals surface area (Å²) in [7, 11) is 0. The summed E-state index contributed by atoms with van der Waals surface area (Å²) in [6.45, 7) is 10.7. The molecular formula is C28H34Br2Cl3N4O5P. The summed E-state index contributed by atoms with van der Waals surface area (Å²) in [4.78, 5) is 37.7. The Balaban J connectivity index is 0.000000222. The zero-order valence-electron chi connectivity index (χ0n) is 24.1. The average Bonchev–Trinajstić information content (AvgIpc) is 3.44. The number of ether oxygens (including phenoxy) is 1. The minimum Gasteiger partial charge on any atom is -0.427 e. The van der Waals surface area contributed by atoms with Gasteiger partial charge in [0.1, 0.15) is 5.82 Å². The van der Waals surface area contributed by atoms with Crippen molar-refractivity contribution in [3.8, 4) is 5.75 Å². The van der Waals surface area contributed by atoms with Gasteiger partial charge in [-0.15, -0.1) is 0 Å². The van der Waals surface area contributed by atoms with Crippen molar-refractivity contribution in [1.82, 2.24) is 14.9 Å². The van der Waals surface area contributed by atoms with Crippen LogP contribution in [0.25, 0.3) is 10.9 Å². The second-order valence-corrected chi connectivity index (χ2v) is 19.3. The normalized spacial score (nSPS) is 20.3. The Morgan fingerprint density at radius 3 is 2.12 bits per heavy atom. The maximum absolute atomic E-state index is 12.4. The van der Waals surface area contributed by atoms with Crippen LogP contribution in [0.4, 0.5) is 5.69 Å². The van der Waals surface area contributed by atoms with E-state index in [-0.39, 0.29) is 22.3 Å². The van der Waals surface area contributed by atoms with Crippen LogP contribution in [0, 0.1) is 10.8 Å². The largest absolute Gasteiger partial charge is 0.427 e. The molecule has 2 aliphatic rings. The number of aromatic nitrogens is 2. The number of nitrogen functional groups attached to an aromatic ring is 1. The number of amides is 1. The molecule has 0 aliphatic carbocycles. The van der Waals surface area contributed by atoms with Crippen LogP contribution in [0.1, 0.15) is 52.8 Å². The third-order valence-corrected chi connectivity index (χ3v) is 8.26. The number of benzene rings is 2. The van der Waals surface area contributed by atoms with Crippen LogP contribution in [0.5, 0.6) is 5.75 Å². The Labute approximate surface area is 282 Å². The van der Waals surface area contributed by atoms with Crippen molar-refractivity contribution in [2.45, 2.75) is 59.9 Å². The van der Waals surface area contributed by atoms with Gasteiger partial charge in [-0.25, -0.2) is 4.98 Å². The van der Waals surface area contributed by atoms with Gasteiger partial charge in [0.25, 0.3) is 12.0 Å². The smallest absolute Gasteiger partial charge is 0.339 e. The fourth-order valence-corrected chi connectivity index (χ4v) is 5.08. The predicted molar refractivity (Wildman–Crippen MR) is 182 cm³/mol. The Morgan fingerprint density at radius 2 is 1.63 bits per heavy atom. The van der Waals surface area contributed by atoms with Gasteiger partial charge in [0, 0.05) is 34.9 Å². The Hall–Kier alpha value is -1.62. The van der Waals surface area contributed by atoms with E-state index in [4.69, 9.17) is 5.73 Å². The Kier molecular flexibility index (Phi) is 14.1. The molecule has 1 amide bonds. The van der Waals surface area contributed by atoms with Crippen LogP contribution in [0.15, 0.2) is 50.1 Å². The minimum absolute atomic E-state index is 0.0969. The van der Waals surface area contributed by atoms with Crippen LogP contribution in [-0.2, 0) is 27.1 Å². The number of fused-ring (bicyclic) bond motifs is 2. The van der Waals surface area contributed by atoms with Gasteiger partial charge in [0.05, 0.1) is 16.6 Å². The van der Waals surface area contributed by atoms with Gasteiger partial charge in [-0.05, 0) is 93.8 Å². The lowest BCUT2D eigenvalue weighted by atomic mass is 9.86. The van der Waals surface area contributed by atoms with Crippen molar-refractivity contribution < 1.29 is 18.9 Å². The highest BCUT2D eigenvalue weighted by Gasteiger charge is 2.33. The Bertz CT molecular complexity index is 1560. The fraction of sp³-hybridized carbons (Fsp3) is 0.429. The first-order valence-corrected chi connectivity index (χ1v) is 19.2. The lowest BCUT2D eigenvalue weighted by Crippen LogP contribution is -2.23. The van der Waals surface area contributed by atoms with Gasteiger partial charge in [0.2, 0.25) is 5.91 Å². The minimum atomic E-state index is -3.22. The summed E-state index contributed by atoms with van der Waals surface area (Å²) in [6, 6.07) is 10.7. The molecule has 236 valence electrons. The molecule has 1 aromatic heterocycles. The summed E-state index contributed by atoms with van der Waals surface area (Å²) >= 11 is 20.5. The van der Waals surface area contributed by atoms with E-state index < -0.39 is 5.20 Å². The molecule has 0 saturated carbocycles. The first-order chi connectivity index (χ1) is 19.9. The van der Waals surface area contributed by atoms with Gasteiger partial charge in [0.15, 0.2) is 5.75 Å². The molecule has 0 spiro atoms. The number of halogens is 5. The van der Waals surface area contributed by atoms with E-state index in [9.17, 15) is 18.9 Å². The number of nitrogens with one attached hydrogen (secondary N) is 1. The summed E-state index contributed by atoms with van der Waals surface area (Å²) in [5.74, 6) is 1.51. The van der Waals surface area contributed by atoms with Crippen molar-refractivity contribution in [3.63, 3.8) is 0 Å². The number of carbonyl (C=O) groups is 2. The molecule has 15 heteroatoms. The SMILES string of the molecule is CCC1(C)CNC(=O)C1.CCC1(C)Cc2nc3cc(Br)ccc3c(=O)n2C1.Nc1cc(Br)ccc1OC=O.O=P(Cl)(Cl)Cl. The lowest BCUT2D eigenvalue weighted by molar-refractivity contribution is -0.121. The topological polar surface area (TPSA) is 133 Å². The average molecular weight is 804 g/mol. The number of nitrogens with two attached hydrogens (primary N) is 1. The number of hydrogen-bond donors (Lipinski definition) is 2. The molecule has 2 aliphatic heterocycles. The van der Waals surface area contributed by atoms with Crippen LogP contribution in [0.2, 0.25) is 0 Å². The number of carbonyl (C=O) groups excluding carboxylic acids is 2. The second kappa shape index (κ2) is 16.1. The van der Waals surface area contributed by atoms with Crippen LogP contribution >= 0.6 is 70.8 Å². The summed E-state index contributed by atoms with van der Waals surface area (Å²) in [5, 5.41) is 0.310. The number of anilines is 1. The molecule has 2 atom stereocenters. The van der Waals surface area contributed by atoms with Crippen LogP contribution < -0.4 is 21.3 Å². The fourth-order valence-electron chi connectivity index (χ4n) is 4.35. The first kappa shape index (κ1) is 37.6. The predicted octanol–water partition coefficient (Wildman–Crippen LogP) is 8.43. The van der Waals surface area contributed by atoms with Crippen molar-refractivity contribution in [2.75, 3.05) is 12.3 Å². The van der Waals surface area contributed by atoms with Crippen molar-refractivity contribution >= 4 is 99.8 Å². The first-order valence-electron chi connectivity index (χ1n) is 13.2. The van der Waals surface area contributed by atoms with Crippen LogP contribution in [0.3, 0.4) is 0 Å². The molecule has 1 fully saturated rings. The molecule has 3 aromatic rings. The van der Waals surface area contributed by atoms with Gasteiger partial charge in [-0.2, -0.15) is 0 Å². The zero-order chi connectivity index (χ0) is 32.6. The molecule has 9 nitrogen and oxygen atoms in total. The van der Waals surface area contributed by atoms with Crippen molar-refractivity contribution in [3.05, 3.63) is 61.5 Å². The number of nitrogens with zero attached hydrogens (tertiary/aromatic N) is 2. The van der Waals surface area contributed by atoms with E-state index in [0.717, 1.165) is 52.6 Å². The standard InChI is InChI=1S/C14H15BrN2O.C7H6BrNO2.C7H13NO.Cl3OP/c1-3-14(2)7-12-16-11-6-9(15)4-5-10(11)13(18)17(12)8-14;8-5-1-2-7(11-4-10)6(9)3-5;1-3-7(2)4-6(9)8-5-7;1-5(2,3)4/h4-6H,3,7-8H2,1-2H3;1-4H,9H2;3-5H2,1-2H3,(H,8,9);. The highest BCUT2D eigenvalue weighted by atomic mass is 79.9. The molecule has 1 saturated heterocycles. The van der Waals surface area contributed by atoms with E-state index in [0.29, 0.717) is 29.7 Å². The quantitative estimate of drug-likeness (QED) is 0.154. The van der Waals surface area contributed by atoms with Crippen molar-refractivity contribution in [1.29, 1.82) is 0 Å². The summed E-state index contributed by atoms with van der Waals surface area (Å²) < 4.78 is 17.7. The number of hydrogen-bond acceptors (Lipinski definition) is 7. The van der Waals surface area contributed by atoms with E-state index in [1.54, 1.807) is 18.2 Å². The van der Waals surface area contributed by atoms with Crippen molar-refractivity contribution in [2.24, 2.45) is 10.8 Å². The molecule has 5 rings (SSSR count). The highest BCUT2D eigenvalue weighted by molar-refractivity contribution is 9.10. The van der Waals surface area contributed by atoms with E-state index in [2.05, 4.69) is 108 Å². The molecule has 3 N–H and O–H groups in total. The van der Waals surface area contributed by atoms with E-state index >= 15 is 0 Å². The lowest BCUT2D eigenvalue weighted by Gasteiger charge is -2.18. The van der Waals surface area contributed by atoms with Gasteiger partial charge in [-0.1, -0.05) is 59.6 Å². The highest BCUT2D eigenvalue weighted by Crippen LogP contribution is 2.61. The molecule has 43 heavy (non-hydrogen) atoms. The molecular weight excluding hydrogens is 769 g/mol. The molecule has 0 radical (unpaired) electrons. The molecule has 2 aromatic carbocycles. The maximum Gasteiger partial charge on any atom is 0.339 e. The third-order valence-electron chi connectivity index (χ3n) is 7.27. The molecule has 3 heterocycles.